The summed E-state index contributed by atoms with van der Waals surface area (Å²) in [5.41, 5.74) is -0.183. The SMILES string of the molecule is COC(=O)c1cc(S(=O)(=O)NC(C)CC(C)C)ccc1O. The second kappa shape index (κ2) is 6.91. The smallest absolute Gasteiger partial charge is 0.341 e. The first-order valence-electron chi connectivity index (χ1n) is 6.61. The molecule has 0 aliphatic rings. The topological polar surface area (TPSA) is 92.7 Å². The van der Waals surface area contributed by atoms with Gasteiger partial charge in [-0.15, -0.1) is 0 Å². The average molecular weight is 315 g/mol. The normalized spacial score (nSPS) is 13.2. The summed E-state index contributed by atoms with van der Waals surface area (Å²) in [4.78, 5) is 11.4. The fraction of sp³-hybridized carbons (Fsp3) is 0.500. The number of benzene rings is 1. The molecular weight excluding hydrogens is 294 g/mol. The summed E-state index contributed by atoms with van der Waals surface area (Å²) in [6.45, 7) is 5.78. The van der Waals surface area contributed by atoms with Crippen LogP contribution in [-0.2, 0) is 14.8 Å². The molecule has 0 fully saturated rings. The molecule has 0 radical (unpaired) electrons. The van der Waals surface area contributed by atoms with Crippen LogP contribution in [0, 0.1) is 5.92 Å². The number of sulfonamides is 1. The van der Waals surface area contributed by atoms with Gasteiger partial charge in [-0.05, 0) is 37.5 Å². The largest absolute Gasteiger partial charge is 0.507 e. The minimum absolute atomic E-state index is 0.0868. The van der Waals surface area contributed by atoms with Gasteiger partial charge in [0.25, 0.3) is 0 Å². The first-order chi connectivity index (χ1) is 9.67. The van der Waals surface area contributed by atoms with Crippen molar-refractivity contribution in [3.05, 3.63) is 23.8 Å². The lowest BCUT2D eigenvalue weighted by Gasteiger charge is -2.16. The van der Waals surface area contributed by atoms with E-state index in [-0.39, 0.29) is 22.3 Å². The number of methoxy groups -OCH3 is 1. The van der Waals surface area contributed by atoms with Crippen molar-refractivity contribution in [1.29, 1.82) is 0 Å². The number of carbonyl (C=O) groups is 1. The van der Waals surface area contributed by atoms with Gasteiger partial charge in [0, 0.05) is 6.04 Å². The highest BCUT2D eigenvalue weighted by Crippen LogP contribution is 2.22. The van der Waals surface area contributed by atoms with Gasteiger partial charge >= 0.3 is 5.97 Å². The number of hydrogen-bond acceptors (Lipinski definition) is 5. The summed E-state index contributed by atoms with van der Waals surface area (Å²) in [5, 5.41) is 9.59. The second-order valence-corrected chi connectivity index (χ2v) is 7.04. The third-order valence-electron chi connectivity index (χ3n) is 2.86. The highest BCUT2D eigenvalue weighted by Gasteiger charge is 2.21. The molecule has 0 saturated heterocycles. The maximum Gasteiger partial charge on any atom is 0.341 e. The van der Waals surface area contributed by atoms with Crippen LogP contribution in [0.2, 0.25) is 0 Å². The van der Waals surface area contributed by atoms with Gasteiger partial charge in [-0.2, -0.15) is 0 Å². The Kier molecular flexibility index (Phi) is 5.74. The van der Waals surface area contributed by atoms with E-state index >= 15 is 0 Å². The third-order valence-corrected chi connectivity index (χ3v) is 4.45. The molecule has 1 aromatic carbocycles. The lowest BCUT2D eigenvalue weighted by Crippen LogP contribution is -2.33. The van der Waals surface area contributed by atoms with Crippen molar-refractivity contribution in [3.8, 4) is 5.75 Å². The molecule has 7 heteroatoms. The van der Waals surface area contributed by atoms with Crippen LogP contribution in [0.15, 0.2) is 23.1 Å². The number of esters is 1. The Morgan fingerprint density at radius 2 is 1.95 bits per heavy atom. The molecule has 0 bridgehead atoms. The van der Waals surface area contributed by atoms with Gasteiger partial charge in [-0.25, -0.2) is 17.9 Å². The molecule has 0 aliphatic carbocycles. The number of hydrogen-bond donors (Lipinski definition) is 2. The fourth-order valence-corrected chi connectivity index (χ4v) is 3.33. The molecule has 0 saturated carbocycles. The van der Waals surface area contributed by atoms with Gasteiger partial charge in [0.05, 0.1) is 12.0 Å². The molecule has 1 aromatic rings. The van der Waals surface area contributed by atoms with E-state index in [4.69, 9.17) is 0 Å². The third kappa shape index (κ3) is 4.71. The van der Waals surface area contributed by atoms with Crippen molar-refractivity contribution < 1.29 is 23.1 Å². The van der Waals surface area contributed by atoms with Crippen LogP contribution in [0.25, 0.3) is 0 Å². The highest BCUT2D eigenvalue weighted by atomic mass is 32.2. The predicted molar refractivity (Wildman–Crippen MR) is 78.7 cm³/mol. The Labute approximate surface area is 125 Å². The highest BCUT2D eigenvalue weighted by molar-refractivity contribution is 7.89. The van der Waals surface area contributed by atoms with E-state index in [1.165, 1.54) is 6.07 Å². The molecule has 2 N–H and O–H groups in total. The molecule has 6 nitrogen and oxygen atoms in total. The van der Waals surface area contributed by atoms with Gasteiger partial charge in [0.1, 0.15) is 11.3 Å². The first kappa shape index (κ1) is 17.5. The van der Waals surface area contributed by atoms with Crippen LogP contribution in [-0.4, -0.2) is 32.6 Å². The monoisotopic (exact) mass is 315 g/mol. The molecule has 0 aromatic heterocycles. The number of carbonyl (C=O) groups excluding carboxylic acids is 1. The number of aromatic hydroxyl groups is 1. The van der Waals surface area contributed by atoms with E-state index in [1.807, 2.05) is 13.8 Å². The first-order valence-corrected chi connectivity index (χ1v) is 8.09. The zero-order valence-corrected chi connectivity index (χ0v) is 13.4. The molecule has 1 unspecified atom stereocenters. The zero-order chi connectivity index (χ0) is 16.2. The summed E-state index contributed by atoms with van der Waals surface area (Å²) >= 11 is 0. The summed E-state index contributed by atoms with van der Waals surface area (Å²) in [6.07, 6.45) is 0.696. The van der Waals surface area contributed by atoms with E-state index in [2.05, 4.69) is 9.46 Å². The van der Waals surface area contributed by atoms with Crippen LogP contribution in [0.3, 0.4) is 0 Å². The Morgan fingerprint density at radius 3 is 2.48 bits per heavy atom. The molecule has 21 heavy (non-hydrogen) atoms. The van der Waals surface area contributed by atoms with E-state index in [1.54, 1.807) is 6.92 Å². The zero-order valence-electron chi connectivity index (χ0n) is 12.6. The van der Waals surface area contributed by atoms with Crippen molar-refractivity contribution in [2.75, 3.05) is 7.11 Å². The van der Waals surface area contributed by atoms with Crippen LogP contribution in [0.5, 0.6) is 5.75 Å². The van der Waals surface area contributed by atoms with Gasteiger partial charge in [0.2, 0.25) is 10.0 Å². The molecule has 0 spiro atoms. The van der Waals surface area contributed by atoms with E-state index in [9.17, 15) is 18.3 Å². The van der Waals surface area contributed by atoms with Crippen molar-refractivity contribution in [3.63, 3.8) is 0 Å². The Hall–Kier alpha value is -1.60. The fourth-order valence-electron chi connectivity index (χ4n) is 2.04. The molecule has 0 amide bonds. The van der Waals surface area contributed by atoms with Gasteiger partial charge in [-0.3, -0.25) is 0 Å². The molecule has 1 atom stereocenters. The molecule has 118 valence electrons. The van der Waals surface area contributed by atoms with Gasteiger partial charge in [-0.1, -0.05) is 13.8 Å². The van der Waals surface area contributed by atoms with Crippen molar-refractivity contribution in [2.24, 2.45) is 5.92 Å². The summed E-state index contributed by atoms with van der Waals surface area (Å²) < 4.78 is 31.6. The maximum atomic E-state index is 12.3. The number of phenolic OH excluding ortho intramolecular Hbond substituents is 1. The molecule has 1 rings (SSSR count). The Balaban J connectivity index is 3.06. The number of nitrogens with one attached hydrogen (secondary N) is 1. The summed E-state index contributed by atoms with van der Waals surface area (Å²) in [6, 6.07) is 3.27. The van der Waals surface area contributed by atoms with Crippen molar-refractivity contribution >= 4 is 16.0 Å². The standard InChI is InChI=1S/C14H21NO5S/c1-9(2)7-10(3)15-21(18,19)11-5-6-13(16)12(8-11)14(17)20-4/h5-6,8-10,15-16H,7H2,1-4H3. The number of phenols is 1. The Morgan fingerprint density at radius 1 is 1.33 bits per heavy atom. The van der Waals surface area contributed by atoms with Crippen LogP contribution in [0.4, 0.5) is 0 Å². The lowest BCUT2D eigenvalue weighted by molar-refractivity contribution is 0.0597. The maximum absolute atomic E-state index is 12.3. The quantitative estimate of drug-likeness (QED) is 0.782. The van der Waals surface area contributed by atoms with Gasteiger partial charge in [0.15, 0.2) is 0 Å². The minimum Gasteiger partial charge on any atom is -0.507 e. The Bertz CT molecular complexity index is 610. The predicted octanol–water partition coefficient (Wildman–Crippen LogP) is 1.89. The van der Waals surface area contributed by atoms with Crippen LogP contribution < -0.4 is 4.72 Å². The molecule has 0 heterocycles. The van der Waals surface area contributed by atoms with Crippen molar-refractivity contribution in [2.45, 2.75) is 38.1 Å². The van der Waals surface area contributed by atoms with E-state index in [0.717, 1.165) is 19.2 Å². The summed E-state index contributed by atoms with van der Waals surface area (Å²) in [5.74, 6) is -0.760. The number of rotatable bonds is 6. The average Bonchev–Trinajstić information content (AvgIpc) is 2.36. The summed E-state index contributed by atoms with van der Waals surface area (Å²) in [7, 11) is -2.60. The van der Waals surface area contributed by atoms with E-state index < -0.39 is 16.0 Å². The van der Waals surface area contributed by atoms with Crippen LogP contribution >= 0.6 is 0 Å². The van der Waals surface area contributed by atoms with E-state index in [0.29, 0.717) is 12.3 Å². The van der Waals surface area contributed by atoms with Gasteiger partial charge < -0.3 is 9.84 Å². The van der Waals surface area contributed by atoms with Crippen molar-refractivity contribution in [1.82, 2.24) is 4.72 Å². The molecule has 0 aliphatic heterocycles. The minimum atomic E-state index is -3.76. The lowest BCUT2D eigenvalue weighted by atomic mass is 10.1. The van der Waals surface area contributed by atoms with Crippen LogP contribution in [0.1, 0.15) is 37.6 Å². The second-order valence-electron chi connectivity index (χ2n) is 5.32. The number of ether oxygens (including phenoxy) is 1. The molecular formula is C14H21NO5S.